The van der Waals surface area contributed by atoms with Gasteiger partial charge < -0.3 is 9.88 Å². The largest absolute Gasteiger partial charge is 0.319 e. The monoisotopic (exact) mass is 308 g/mol. The molecule has 2 aromatic heterocycles. The van der Waals surface area contributed by atoms with Crippen LogP contribution in [0.25, 0.3) is 10.8 Å². The molecule has 23 heavy (non-hydrogen) atoms. The first-order valence-electron chi connectivity index (χ1n) is 7.57. The van der Waals surface area contributed by atoms with Crippen LogP contribution in [0.15, 0.2) is 47.7 Å². The van der Waals surface area contributed by atoms with Gasteiger partial charge in [0.15, 0.2) is 0 Å². The quantitative estimate of drug-likeness (QED) is 0.807. The van der Waals surface area contributed by atoms with Crippen LogP contribution in [0.1, 0.15) is 29.2 Å². The molecule has 6 nitrogen and oxygen atoms in total. The SMILES string of the molecule is Cn1cc(NC(=O)c2cn(C3CC3)c(=O)c3ccccc23)cn1. The van der Waals surface area contributed by atoms with Gasteiger partial charge in [-0.15, -0.1) is 0 Å². The third kappa shape index (κ3) is 2.42. The van der Waals surface area contributed by atoms with E-state index in [9.17, 15) is 9.59 Å². The third-order valence-electron chi connectivity index (χ3n) is 4.10. The zero-order valence-electron chi connectivity index (χ0n) is 12.7. The fourth-order valence-corrected chi connectivity index (χ4v) is 2.80. The van der Waals surface area contributed by atoms with Crippen molar-refractivity contribution in [1.29, 1.82) is 0 Å². The summed E-state index contributed by atoms with van der Waals surface area (Å²) in [6.07, 6.45) is 6.99. The zero-order valence-corrected chi connectivity index (χ0v) is 12.7. The molecule has 1 aliphatic rings. The van der Waals surface area contributed by atoms with Crippen molar-refractivity contribution >= 4 is 22.4 Å². The smallest absolute Gasteiger partial charge is 0.258 e. The molecule has 0 saturated heterocycles. The maximum absolute atomic E-state index is 12.7. The lowest BCUT2D eigenvalue weighted by Gasteiger charge is -2.11. The Labute approximate surface area is 132 Å². The Bertz CT molecular complexity index is 966. The number of carbonyl (C=O) groups excluding carboxylic acids is 1. The average molecular weight is 308 g/mol. The van der Waals surface area contributed by atoms with E-state index in [1.807, 2.05) is 18.2 Å². The molecular formula is C17H16N4O2. The van der Waals surface area contributed by atoms with Gasteiger partial charge in [-0.2, -0.15) is 5.10 Å². The van der Waals surface area contributed by atoms with Crippen LogP contribution in [0.2, 0.25) is 0 Å². The first kappa shape index (κ1) is 13.8. The highest BCUT2D eigenvalue weighted by Crippen LogP contribution is 2.34. The van der Waals surface area contributed by atoms with E-state index in [2.05, 4.69) is 10.4 Å². The summed E-state index contributed by atoms with van der Waals surface area (Å²) in [6, 6.07) is 7.47. The topological polar surface area (TPSA) is 68.9 Å². The van der Waals surface area contributed by atoms with Crippen molar-refractivity contribution in [3.63, 3.8) is 0 Å². The number of rotatable bonds is 3. The minimum Gasteiger partial charge on any atom is -0.319 e. The molecule has 0 atom stereocenters. The molecule has 3 aromatic rings. The van der Waals surface area contributed by atoms with Gasteiger partial charge in [-0.05, 0) is 18.9 Å². The van der Waals surface area contributed by atoms with Crippen molar-refractivity contribution in [2.24, 2.45) is 7.05 Å². The van der Waals surface area contributed by atoms with Crippen molar-refractivity contribution in [1.82, 2.24) is 14.3 Å². The van der Waals surface area contributed by atoms with Gasteiger partial charge in [0.05, 0.1) is 17.4 Å². The zero-order chi connectivity index (χ0) is 16.0. The number of carbonyl (C=O) groups is 1. The summed E-state index contributed by atoms with van der Waals surface area (Å²) in [5, 5.41) is 8.14. The van der Waals surface area contributed by atoms with E-state index in [0.29, 0.717) is 22.0 Å². The number of pyridine rings is 1. The van der Waals surface area contributed by atoms with E-state index in [1.54, 1.807) is 41.0 Å². The number of hydrogen-bond donors (Lipinski definition) is 1. The lowest BCUT2D eigenvalue weighted by molar-refractivity contribution is 0.102. The van der Waals surface area contributed by atoms with Crippen molar-refractivity contribution in [3.05, 3.63) is 58.8 Å². The Morgan fingerprint density at radius 2 is 1.96 bits per heavy atom. The standard InChI is InChI=1S/C17H16N4O2/c1-20-9-11(8-18-20)19-16(22)15-10-21(12-6-7-12)17(23)14-5-3-2-4-13(14)15/h2-5,8-10,12H,6-7H2,1H3,(H,19,22). The summed E-state index contributed by atoms with van der Waals surface area (Å²) < 4.78 is 3.32. The first-order chi connectivity index (χ1) is 11.1. The summed E-state index contributed by atoms with van der Waals surface area (Å²) in [5.41, 5.74) is 1.11. The molecule has 0 spiro atoms. The van der Waals surface area contributed by atoms with Gasteiger partial charge >= 0.3 is 0 Å². The van der Waals surface area contributed by atoms with Crippen LogP contribution in [0.3, 0.4) is 0 Å². The van der Waals surface area contributed by atoms with Crippen LogP contribution in [0.4, 0.5) is 5.69 Å². The molecule has 0 aliphatic heterocycles. The van der Waals surface area contributed by atoms with Crippen LogP contribution >= 0.6 is 0 Å². The number of nitrogens with one attached hydrogen (secondary N) is 1. The fraction of sp³-hybridized carbons (Fsp3) is 0.235. The summed E-state index contributed by atoms with van der Waals surface area (Å²) in [5.74, 6) is -0.233. The van der Waals surface area contributed by atoms with Gasteiger partial charge in [0.1, 0.15) is 0 Å². The molecular weight excluding hydrogens is 292 g/mol. The molecule has 116 valence electrons. The predicted molar refractivity (Wildman–Crippen MR) is 87.6 cm³/mol. The second-order valence-corrected chi connectivity index (χ2v) is 5.89. The molecule has 2 heterocycles. The maximum Gasteiger partial charge on any atom is 0.258 e. The summed E-state index contributed by atoms with van der Waals surface area (Å²) in [7, 11) is 1.79. The molecule has 1 fully saturated rings. The van der Waals surface area contributed by atoms with Crippen LogP contribution in [0.5, 0.6) is 0 Å². The number of amides is 1. The van der Waals surface area contributed by atoms with Gasteiger partial charge in [-0.25, -0.2) is 0 Å². The van der Waals surface area contributed by atoms with E-state index < -0.39 is 0 Å². The van der Waals surface area contributed by atoms with Gasteiger partial charge in [0.2, 0.25) is 0 Å². The lowest BCUT2D eigenvalue weighted by atomic mass is 10.1. The molecule has 1 amide bonds. The number of hydrogen-bond acceptors (Lipinski definition) is 3. The predicted octanol–water partition coefficient (Wildman–Crippen LogP) is 2.32. The van der Waals surface area contributed by atoms with Crippen molar-refractivity contribution < 1.29 is 4.79 Å². The Balaban J connectivity index is 1.83. The molecule has 0 bridgehead atoms. The first-order valence-corrected chi connectivity index (χ1v) is 7.57. The van der Waals surface area contributed by atoms with Gasteiger partial charge in [0, 0.05) is 36.3 Å². The Morgan fingerprint density at radius 3 is 2.61 bits per heavy atom. The van der Waals surface area contributed by atoms with Crippen molar-refractivity contribution in [3.8, 4) is 0 Å². The van der Waals surface area contributed by atoms with E-state index in [0.717, 1.165) is 12.8 Å². The number of nitrogens with zero attached hydrogens (tertiary/aromatic N) is 3. The molecule has 1 aromatic carbocycles. The summed E-state index contributed by atoms with van der Waals surface area (Å²) in [4.78, 5) is 25.2. The van der Waals surface area contributed by atoms with Crippen LogP contribution < -0.4 is 10.9 Å². The highest BCUT2D eigenvalue weighted by atomic mass is 16.2. The third-order valence-corrected chi connectivity index (χ3v) is 4.10. The van der Waals surface area contributed by atoms with Crippen molar-refractivity contribution in [2.45, 2.75) is 18.9 Å². The summed E-state index contributed by atoms with van der Waals surface area (Å²) in [6.45, 7) is 0. The number of benzene rings is 1. The second kappa shape index (κ2) is 5.08. The van der Waals surface area contributed by atoms with E-state index in [-0.39, 0.29) is 17.5 Å². The molecule has 4 rings (SSSR count). The molecule has 1 N–H and O–H groups in total. The number of aromatic nitrogens is 3. The van der Waals surface area contributed by atoms with E-state index in [1.165, 1.54) is 0 Å². The second-order valence-electron chi connectivity index (χ2n) is 5.89. The number of anilines is 1. The van der Waals surface area contributed by atoms with E-state index >= 15 is 0 Å². The van der Waals surface area contributed by atoms with Crippen LogP contribution in [0, 0.1) is 0 Å². The Hall–Kier alpha value is -2.89. The van der Waals surface area contributed by atoms with Crippen molar-refractivity contribution in [2.75, 3.05) is 5.32 Å². The lowest BCUT2D eigenvalue weighted by Crippen LogP contribution is -2.23. The Kier molecular flexibility index (Phi) is 3.04. The van der Waals surface area contributed by atoms with Crippen LogP contribution in [-0.4, -0.2) is 20.3 Å². The fourth-order valence-electron chi connectivity index (χ4n) is 2.80. The summed E-state index contributed by atoms with van der Waals surface area (Å²) >= 11 is 0. The minimum absolute atomic E-state index is 0.0268. The van der Waals surface area contributed by atoms with E-state index in [4.69, 9.17) is 0 Å². The molecule has 1 aliphatic carbocycles. The molecule has 6 heteroatoms. The van der Waals surface area contributed by atoms with Gasteiger partial charge in [-0.3, -0.25) is 14.3 Å². The van der Waals surface area contributed by atoms with Gasteiger partial charge in [-0.1, -0.05) is 18.2 Å². The minimum atomic E-state index is -0.233. The van der Waals surface area contributed by atoms with Gasteiger partial charge in [0.25, 0.3) is 11.5 Å². The molecule has 0 radical (unpaired) electrons. The number of fused-ring (bicyclic) bond motifs is 1. The molecule has 1 saturated carbocycles. The maximum atomic E-state index is 12.7. The molecule has 0 unspecified atom stereocenters. The highest BCUT2D eigenvalue weighted by Gasteiger charge is 2.26. The van der Waals surface area contributed by atoms with Crippen LogP contribution in [-0.2, 0) is 7.05 Å². The highest BCUT2D eigenvalue weighted by molar-refractivity contribution is 6.12. The Morgan fingerprint density at radius 1 is 1.22 bits per heavy atom. The average Bonchev–Trinajstić information content (AvgIpc) is 3.31. The number of aryl methyl sites for hydroxylation is 1. The normalized spacial score (nSPS) is 14.1.